The monoisotopic (exact) mass is 262 g/mol. The van der Waals surface area contributed by atoms with Crippen LogP contribution in [0, 0.1) is 25.2 Å². The number of nitrogens with two attached hydrogens (primary N) is 1. The van der Waals surface area contributed by atoms with E-state index >= 15 is 0 Å². The summed E-state index contributed by atoms with van der Waals surface area (Å²) in [6.07, 6.45) is 0.510. The van der Waals surface area contributed by atoms with Crippen LogP contribution < -0.4 is 11.1 Å². The number of rotatable bonds is 3. The molecule has 1 unspecified atom stereocenters. The maximum atomic E-state index is 12.1. The smallest absolute Gasteiger partial charge is 0.224 e. The van der Waals surface area contributed by atoms with E-state index in [1.807, 2.05) is 26.0 Å². The Morgan fingerprint density at radius 1 is 1.32 bits per heavy atom. The zero-order valence-corrected chi connectivity index (χ0v) is 12.9. The van der Waals surface area contributed by atoms with Gasteiger partial charge in [0.25, 0.3) is 0 Å². The molecule has 0 aliphatic rings. The first kappa shape index (κ1) is 15.5. The molecule has 0 saturated heterocycles. The summed E-state index contributed by atoms with van der Waals surface area (Å²) in [5.74, 6) is 0.349. The second-order valence-electron chi connectivity index (χ2n) is 6.49. The predicted octanol–water partition coefficient (Wildman–Crippen LogP) is 3.90. The lowest BCUT2D eigenvalue weighted by Crippen LogP contribution is -2.24. The van der Waals surface area contributed by atoms with Crippen molar-refractivity contribution in [2.24, 2.45) is 11.3 Å². The van der Waals surface area contributed by atoms with Crippen LogP contribution in [-0.2, 0) is 4.79 Å². The molecule has 106 valence electrons. The van der Waals surface area contributed by atoms with E-state index in [0.717, 1.165) is 16.8 Å². The molecule has 3 heteroatoms. The number of aryl methyl sites for hydroxylation is 1. The Morgan fingerprint density at radius 3 is 2.42 bits per heavy atom. The van der Waals surface area contributed by atoms with Crippen LogP contribution in [0.15, 0.2) is 12.1 Å². The highest BCUT2D eigenvalue weighted by Crippen LogP contribution is 2.30. The molecule has 1 rings (SSSR count). The molecule has 0 aromatic heterocycles. The van der Waals surface area contributed by atoms with Gasteiger partial charge < -0.3 is 11.1 Å². The summed E-state index contributed by atoms with van der Waals surface area (Å²) in [7, 11) is 0. The third-order valence-electron chi connectivity index (χ3n) is 4.00. The van der Waals surface area contributed by atoms with Crippen LogP contribution in [0.3, 0.4) is 0 Å². The third-order valence-corrected chi connectivity index (χ3v) is 4.00. The van der Waals surface area contributed by atoms with Crippen molar-refractivity contribution < 1.29 is 4.79 Å². The summed E-state index contributed by atoms with van der Waals surface area (Å²) in [6, 6.07) is 3.81. The lowest BCUT2D eigenvalue weighted by Gasteiger charge is -2.26. The van der Waals surface area contributed by atoms with Gasteiger partial charge in [-0.3, -0.25) is 4.79 Å². The Labute approximate surface area is 116 Å². The number of hydrogen-bond acceptors (Lipinski definition) is 2. The second-order valence-corrected chi connectivity index (χ2v) is 6.49. The molecule has 0 saturated carbocycles. The number of hydrogen-bond donors (Lipinski definition) is 2. The largest absolute Gasteiger partial charge is 0.397 e. The molecular formula is C16H26N2O. The van der Waals surface area contributed by atoms with E-state index in [4.69, 9.17) is 5.73 Å². The van der Waals surface area contributed by atoms with Gasteiger partial charge >= 0.3 is 0 Å². The zero-order valence-electron chi connectivity index (χ0n) is 12.9. The first-order valence-electron chi connectivity index (χ1n) is 6.78. The van der Waals surface area contributed by atoms with Crippen LogP contribution in [-0.4, -0.2) is 5.91 Å². The van der Waals surface area contributed by atoms with E-state index < -0.39 is 0 Å². The number of nitrogens with one attached hydrogen (secondary N) is 1. The zero-order chi connectivity index (χ0) is 14.8. The molecule has 1 aromatic carbocycles. The van der Waals surface area contributed by atoms with Gasteiger partial charge in [-0.15, -0.1) is 0 Å². The number of anilines is 2. The van der Waals surface area contributed by atoms with Gasteiger partial charge in [0.15, 0.2) is 0 Å². The summed E-state index contributed by atoms with van der Waals surface area (Å²) >= 11 is 0. The summed E-state index contributed by atoms with van der Waals surface area (Å²) in [4.78, 5) is 12.1. The van der Waals surface area contributed by atoms with Crippen molar-refractivity contribution in [3.8, 4) is 0 Å². The quantitative estimate of drug-likeness (QED) is 0.812. The number of nitrogen functional groups attached to an aromatic ring is 1. The van der Waals surface area contributed by atoms with Crippen LogP contribution in [0.4, 0.5) is 11.4 Å². The van der Waals surface area contributed by atoms with E-state index in [1.165, 1.54) is 0 Å². The minimum absolute atomic E-state index is 0.0304. The predicted molar refractivity (Wildman–Crippen MR) is 82.2 cm³/mol. The molecule has 3 N–H and O–H groups in total. The average molecular weight is 262 g/mol. The molecule has 0 heterocycles. The first-order valence-corrected chi connectivity index (χ1v) is 6.78. The Bertz CT molecular complexity index is 472. The van der Waals surface area contributed by atoms with Gasteiger partial charge in [-0.1, -0.05) is 33.8 Å². The Morgan fingerprint density at radius 2 is 1.89 bits per heavy atom. The van der Waals surface area contributed by atoms with Gasteiger partial charge in [0.2, 0.25) is 5.91 Å². The summed E-state index contributed by atoms with van der Waals surface area (Å²) in [5, 5.41) is 2.96. The van der Waals surface area contributed by atoms with E-state index in [-0.39, 0.29) is 11.3 Å². The maximum absolute atomic E-state index is 12.1. The molecule has 1 amide bonds. The van der Waals surface area contributed by atoms with Gasteiger partial charge in [-0.25, -0.2) is 0 Å². The molecule has 0 aliphatic heterocycles. The lowest BCUT2D eigenvalue weighted by molar-refractivity contribution is -0.117. The molecule has 1 aromatic rings. The van der Waals surface area contributed by atoms with Crippen LogP contribution in [0.1, 0.15) is 45.2 Å². The molecule has 0 spiro atoms. The van der Waals surface area contributed by atoms with Crippen molar-refractivity contribution in [2.75, 3.05) is 11.1 Å². The van der Waals surface area contributed by atoms with Crippen molar-refractivity contribution in [3.05, 3.63) is 23.3 Å². The number of amides is 1. The lowest BCUT2D eigenvalue weighted by atomic mass is 9.80. The number of carbonyl (C=O) groups excluding carboxylic acids is 1. The van der Waals surface area contributed by atoms with E-state index in [1.54, 1.807) is 0 Å². The van der Waals surface area contributed by atoms with E-state index in [2.05, 4.69) is 33.0 Å². The Hall–Kier alpha value is -1.51. The molecule has 3 nitrogen and oxygen atoms in total. The van der Waals surface area contributed by atoms with E-state index in [9.17, 15) is 4.79 Å². The summed E-state index contributed by atoms with van der Waals surface area (Å²) < 4.78 is 0. The van der Waals surface area contributed by atoms with Crippen molar-refractivity contribution in [3.63, 3.8) is 0 Å². The Kier molecular flexibility index (Phi) is 4.61. The normalized spacial score (nSPS) is 13.2. The van der Waals surface area contributed by atoms with Crippen molar-refractivity contribution in [1.29, 1.82) is 0 Å². The highest BCUT2D eigenvalue weighted by Gasteiger charge is 2.23. The highest BCUT2D eigenvalue weighted by atomic mass is 16.1. The van der Waals surface area contributed by atoms with Crippen LogP contribution >= 0.6 is 0 Å². The molecular weight excluding hydrogens is 236 g/mol. The third kappa shape index (κ3) is 3.98. The van der Waals surface area contributed by atoms with Crippen molar-refractivity contribution in [1.82, 2.24) is 0 Å². The Balaban J connectivity index is 2.81. The highest BCUT2D eigenvalue weighted by molar-refractivity contribution is 5.95. The summed E-state index contributed by atoms with van der Waals surface area (Å²) in [6.45, 7) is 12.6. The van der Waals surface area contributed by atoms with Crippen molar-refractivity contribution >= 4 is 17.3 Å². The maximum Gasteiger partial charge on any atom is 0.224 e. The second kappa shape index (κ2) is 5.64. The van der Waals surface area contributed by atoms with Gasteiger partial charge in [0.05, 0.1) is 11.4 Å². The molecule has 0 bridgehead atoms. The molecule has 0 fully saturated rings. The molecule has 19 heavy (non-hydrogen) atoms. The standard InChI is InChI=1S/C16H26N2O/c1-10-7-8-13(17)15(12(10)3)18-14(19)9-11(2)16(4,5)6/h7-8,11H,9,17H2,1-6H3,(H,18,19). The molecule has 1 atom stereocenters. The fourth-order valence-electron chi connectivity index (χ4n) is 1.78. The first-order chi connectivity index (χ1) is 8.62. The van der Waals surface area contributed by atoms with Gasteiger partial charge in [-0.2, -0.15) is 0 Å². The number of carbonyl (C=O) groups is 1. The van der Waals surface area contributed by atoms with E-state index in [0.29, 0.717) is 18.0 Å². The summed E-state index contributed by atoms with van der Waals surface area (Å²) in [5.41, 5.74) is 9.62. The fraction of sp³-hybridized carbons (Fsp3) is 0.562. The topological polar surface area (TPSA) is 55.1 Å². The van der Waals surface area contributed by atoms with Gasteiger partial charge in [0, 0.05) is 6.42 Å². The van der Waals surface area contributed by atoms with Crippen LogP contribution in [0.2, 0.25) is 0 Å². The minimum atomic E-state index is 0.0304. The SMILES string of the molecule is Cc1ccc(N)c(NC(=O)CC(C)C(C)(C)C)c1C. The van der Waals surface area contributed by atoms with Gasteiger partial charge in [-0.05, 0) is 42.4 Å². The van der Waals surface area contributed by atoms with Crippen LogP contribution in [0.5, 0.6) is 0 Å². The minimum Gasteiger partial charge on any atom is -0.397 e. The average Bonchev–Trinajstić information content (AvgIpc) is 2.28. The van der Waals surface area contributed by atoms with Crippen molar-refractivity contribution in [2.45, 2.75) is 48.0 Å². The molecule has 0 radical (unpaired) electrons. The fourth-order valence-corrected chi connectivity index (χ4v) is 1.78. The van der Waals surface area contributed by atoms with Gasteiger partial charge in [0.1, 0.15) is 0 Å². The number of benzene rings is 1. The molecule has 0 aliphatic carbocycles. The van der Waals surface area contributed by atoms with Crippen LogP contribution in [0.25, 0.3) is 0 Å².